The van der Waals surface area contributed by atoms with Gasteiger partial charge in [0.1, 0.15) is 17.2 Å². The van der Waals surface area contributed by atoms with Crippen LogP contribution in [0.5, 0.6) is 5.75 Å². The molecule has 1 amide bonds. The lowest BCUT2D eigenvalue weighted by atomic mass is 10.00. The van der Waals surface area contributed by atoms with Crippen molar-refractivity contribution in [2.45, 2.75) is 45.6 Å². The predicted octanol–water partition coefficient (Wildman–Crippen LogP) is 3.01. The average Bonchev–Trinajstić information content (AvgIpc) is 2.80. The molecule has 2 aliphatic rings. The molecule has 0 bridgehead atoms. The summed E-state index contributed by atoms with van der Waals surface area (Å²) in [6.45, 7) is 7.50. The number of pyridine rings is 1. The summed E-state index contributed by atoms with van der Waals surface area (Å²) in [5.74, 6) is 1.37. The number of allylic oxidation sites excluding steroid dienone is 1. The van der Waals surface area contributed by atoms with Crippen LogP contribution in [0.25, 0.3) is 5.57 Å². The molecule has 0 aliphatic carbocycles. The maximum absolute atomic E-state index is 12.3. The molecule has 24 heavy (non-hydrogen) atoms. The second-order valence-corrected chi connectivity index (χ2v) is 7.23. The zero-order valence-corrected chi connectivity index (χ0v) is 14.6. The van der Waals surface area contributed by atoms with Gasteiger partial charge in [0.05, 0.1) is 12.3 Å². The van der Waals surface area contributed by atoms with Gasteiger partial charge >= 0.3 is 6.09 Å². The Morgan fingerprint density at radius 2 is 2.17 bits per heavy atom. The zero-order chi connectivity index (χ0) is 17.3. The normalized spacial score (nSPS) is 17.6. The number of nitrogen functional groups attached to an aromatic ring is 1. The summed E-state index contributed by atoms with van der Waals surface area (Å²) in [7, 11) is 0. The molecule has 3 rings (SSSR count). The molecule has 1 aromatic rings. The van der Waals surface area contributed by atoms with E-state index in [-0.39, 0.29) is 6.09 Å². The highest BCUT2D eigenvalue weighted by Gasteiger charge is 2.25. The van der Waals surface area contributed by atoms with E-state index in [1.54, 1.807) is 4.90 Å². The molecule has 1 aromatic heterocycles. The van der Waals surface area contributed by atoms with E-state index in [2.05, 4.69) is 11.1 Å². The van der Waals surface area contributed by atoms with Gasteiger partial charge in [-0.25, -0.2) is 9.78 Å². The summed E-state index contributed by atoms with van der Waals surface area (Å²) in [6, 6.07) is 1.87. The van der Waals surface area contributed by atoms with Crippen molar-refractivity contribution in [3.8, 4) is 5.75 Å². The van der Waals surface area contributed by atoms with Crippen molar-refractivity contribution in [2.24, 2.45) is 0 Å². The highest BCUT2D eigenvalue weighted by Crippen LogP contribution is 2.36. The highest BCUT2D eigenvalue weighted by molar-refractivity contribution is 5.75. The number of nitrogens with zero attached hydrogens (tertiary/aromatic N) is 2. The molecule has 3 heterocycles. The molecule has 2 aliphatic heterocycles. The maximum atomic E-state index is 12.3. The summed E-state index contributed by atoms with van der Waals surface area (Å²) in [6.07, 6.45) is 4.36. The van der Waals surface area contributed by atoms with Crippen LogP contribution in [0, 0.1) is 0 Å². The first-order chi connectivity index (χ1) is 11.3. The third-order valence-corrected chi connectivity index (χ3v) is 4.08. The second kappa shape index (κ2) is 6.34. The molecule has 6 heteroatoms. The summed E-state index contributed by atoms with van der Waals surface area (Å²) in [5, 5.41) is 0. The van der Waals surface area contributed by atoms with Gasteiger partial charge in [-0.3, -0.25) is 0 Å². The molecular weight excluding hydrogens is 306 g/mol. The van der Waals surface area contributed by atoms with Crippen molar-refractivity contribution in [1.29, 1.82) is 0 Å². The fourth-order valence-corrected chi connectivity index (χ4v) is 3.04. The molecule has 0 unspecified atom stereocenters. The Morgan fingerprint density at radius 1 is 1.38 bits per heavy atom. The van der Waals surface area contributed by atoms with Gasteiger partial charge in [-0.05, 0) is 45.3 Å². The first kappa shape index (κ1) is 16.6. The Hall–Kier alpha value is -2.24. The average molecular weight is 331 g/mol. The Morgan fingerprint density at radius 3 is 2.92 bits per heavy atom. The van der Waals surface area contributed by atoms with Crippen molar-refractivity contribution in [3.05, 3.63) is 23.4 Å². The van der Waals surface area contributed by atoms with E-state index < -0.39 is 5.60 Å². The minimum absolute atomic E-state index is 0.268. The SMILES string of the molecule is CC(C)(C)OC(=O)N1CC=C(c2cc(N)nc3c2OCC3)CCC1. The molecule has 0 fully saturated rings. The number of carbonyl (C=O) groups excluding carboxylic acids is 1. The third-order valence-electron chi connectivity index (χ3n) is 4.08. The van der Waals surface area contributed by atoms with E-state index >= 15 is 0 Å². The molecule has 0 atom stereocenters. The molecule has 0 aromatic carbocycles. The minimum Gasteiger partial charge on any atom is -0.491 e. The van der Waals surface area contributed by atoms with Gasteiger partial charge in [0.2, 0.25) is 0 Å². The molecule has 0 spiro atoms. The van der Waals surface area contributed by atoms with Gasteiger partial charge in [0, 0.05) is 25.1 Å². The van der Waals surface area contributed by atoms with Crippen molar-refractivity contribution in [3.63, 3.8) is 0 Å². The smallest absolute Gasteiger partial charge is 0.410 e. The van der Waals surface area contributed by atoms with Crippen LogP contribution in [0.4, 0.5) is 10.6 Å². The minimum atomic E-state index is -0.482. The number of hydrogen-bond acceptors (Lipinski definition) is 5. The van der Waals surface area contributed by atoms with Gasteiger partial charge in [-0.1, -0.05) is 6.08 Å². The molecule has 0 saturated heterocycles. The van der Waals surface area contributed by atoms with Crippen LogP contribution in [-0.2, 0) is 11.2 Å². The van der Waals surface area contributed by atoms with Crippen LogP contribution in [0.1, 0.15) is 44.9 Å². The summed E-state index contributed by atoms with van der Waals surface area (Å²) in [4.78, 5) is 18.4. The first-order valence-electron chi connectivity index (χ1n) is 8.43. The van der Waals surface area contributed by atoms with E-state index in [1.807, 2.05) is 26.8 Å². The number of carbonyl (C=O) groups is 1. The molecule has 130 valence electrons. The number of nitrogens with two attached hydrogens (primary N) is 1. The lowest BCUT2D eigenvalue weighted by Gasteiger charge is -2.25. The van der Waals surface area contributed by atoms with Gasteiger partial charge in [0.15, 0.2) is 0 Å². The van der Waals surface area contributed by atoms with Crippen molar-refractivity contribution in [1.82, 2.24) is 9.88 Å². The van der Waals surface area contributed by atoms with Gasteiger partial charge in [-0.2, -0.15) is 0 Å². The third kappa shape index (κ3) is 3.63. The number of amides is 1. The topological polar surface area (TPSA) is 77.7 Å². The molecule has 0 radical (unpaired) electrons. The van der Waals surface area contributed by atoms with Crippen molar-refractivity contribution in [2.75, 3.05) is 25.4 Å². The molecule has 0 saturated carbocycles. The van der Waals surface area contributed by atoms with Crippen molar-refractivity contribution < 1.29 is 14.3 Å². The lowest BCUT2D eigenvalue weighted by molar-refractivity contribution is 0.0273. The van der Waals surface area contributed by atoms with Gasteiger partial charge in [0.25, 0.3) is 0 Å². The summed E-state index contributed by atoms with van der Waals surface area (Å²) in [5.41, 5.74) is 8.57. The summed E-state index contributed by atoms with van der Waals surface area (Å²) >= 11 is 0. The number of anilines is 1. The fraction of sp³-hybridized carbons (Fsp3) is 0.556. The number of rotatable bonds is 1. The Balaban J connectivity index is 1.80. The largest absolute Gasteiger partial charge is 0.491 e. The summed E-state index contributed by atoms with van der Waals surface area (Å²) < 4.78 is 11.2. The van der Waals surface area contributed by atoms with E-state index in [0.29, 0.717) is 25.5 Å². The monoisotopic (exact) mass is 331 g/mol. The molecule has 6 nitrogen and oxygen atoms in total. The van der Waals surface area contributed by atoms with E-state index in [0.717, 1.165) is 41.8 Å². The quantitative estimate of drug-likeness (QED) is 0.856. The van der Waals surface area contributed by atoms with Gasteiger partial charge < -0.3 is 20.1 Å². The maximum Gasteiger partial charge on any atom is 0.410 e. The van der Waals surface area contributed by atoms with E-state index in [9.17, 15) is 4.79 Å². The number of fused-ring (bicyclic) bond motifs is 1. The standard InChI is InChI=1S/C18H25N3O3/c1-18(2,3)24-17(22)21-8-4-5-12(6-9-21)13-11-15(19)20-14-7-10-23-16(13)14/h6,11H,4-5,7-10H2,1-3H3,(H2,19,20). The second-order valence-electron chi connectivity index (χ2n) is 7.23. The highest BCUT2D eigenvalue weighted by atomic mass is 16.6. The van der Waals surface area contributed by atoms with Crippen LogP contribution in [-0.4, -0.2) is 41.3 Å². The van der Waals surface area contributed by atoms with Crippen LogP contribution in [0.3, 0.4) is 0 Å². The first-order valence-corrected chi connectivity index (χ1v) is 8.43. The number of aromatic nitrogens is 1. The van der Waals surface area contributed by atoms with E-state index in [1.165, 1.54) is 0 Å². The van der Waals surface area contributed by atoms with Crippen molar-refractivity contribution >= 4 is 17.5 Å². The molecule has 2 N–H and O–H groups in total. The predicted molar refractivity (Wildman–Crippen MR) is 92.9 cm³/mol. The zero-order valence-electron chi connectivity index (χ0n) is 14.6. The van der Waals surface area contributed by atoms with Crippen LogP contribution in [0.2, 0.25) is 0 Å². The number of ether oxygens (including phenoxy) is 2. The Kier molecular flexibility index (Phi) is 4.39. The number of hydrogen-bond donors (Lipinski definition) is 1. The van der Waals surface area contributed by atoms with Crippen LogP contribution in [0.15, 0.2) is 12.1 Å². The lowest BCUT2D eigenvalue weighted by Crippen LogP contribution is -2.37. The van der Waals surface area contributed by atoms with Crippen LogP contribution < -0.4 is 10.5 Å². The van der Waals surface area contributed by atoms with E-state index in [4.69, 9.17) is 15.2 Å². The Bertz CT molecular complexity index is 677. The fourth-order valence-electron chi connectivity index (χ4n) is 3.04. The van der Waals surface area contributed by atoms with Gasteiger partial charge in [-0.15, -0.1) is 0 Å². The molecular formula is C18H25N3O3. The van der Waals surface area contributed by atoms with Crippen LogP contribution >= 0.6 is 0 Å². The Labute approximate surface area is 142 Å².